The van der Waals surface area contributed by atoms with Gasteiger partial charge in [0.1, 0.15) is 12.4 Å². The number of likely N-dealkylation sites (tertiary alicyclic amines) is 1. The van der Waals surface area contributed by atoms with Gasteiger partial charge in [0, 0.05) is 37.0 Å². The SMILES string of the molecule is CS(=O)(=O)NC1CCCN(Cc2ccc(OCc3ccccc3F)nc2)C1. The molecule has 1 fully saturated rings. The maximum atomic E-state index is 13.6. The predicted octanol–water partition coefficient (Wildman–Crippen LogP) is 2.31. The summed E-state index contributed by atoms with van der Waals surface area (Å²) in [6.45, 7) is 2.43. The second-order valence-corrected chi connectivity index (χ2v) is 8.63. The first kappa shape index (κ1) is 19.7. The van der Waals surface area contributed by atoms with Crippen LogP contribution in [0.15, 0.2) is 42.6 Å². The number of pyridine rings is 1. The second-order valence-electron chi connectivity index (χ2n) is 6.85. The molecule has 1 saturated heterocycles. The van der Waals surface area contributed by atoms with Gasteiger partial charge in [0.15, 0.2) is 0 Å². The fraction of sp³-hybridized carbons (Fsp3) is 0.421. The number of benzene rings is 1. The van der Waals surface area contributed by atoms with E-state index in [0.717, 1.165) is 24.9 Å². The van der Waals surface area contributed by atoms with Crippen LogP contribution in [0.4, 0.5) is 4.39 Å². The highest BCUT2D eigenvalue weighted by Crippen LogP contribution is 2.16. The Bertz CT molecular complexity index is 859. The first-order valence-electron chi connectivity index (χ1n) is 8.90. The molecule has 6 nitrogen and oxygen atoms in total. The molecule has 0 spiro atoms. The van der Waals surface area contributed by atoms with Gasteiger partial charge >= 0.3 is 0 Å². The Morgan fingerprint density at radius 1 is 1.30 bits per heavy atom. The van der Waals surface area contributed by atoms with Crippen LogP contribution in [-0.2, 0) is 23.2 Å². The lowest BCUT2D eigenvalue weighted by Gasteiger charge is -2.32. The molecular weight excluding hydrogens is 369 g/mol. The predicted molar refractivity (Wildman–Crippen MR) is 101 cm³/mol. The van der Waals surface area contributed by atoms with Gasteiger partial charge in [0.05, 0.1) is 6.26 Å². The summed E-state index contributed by atoms with van der Waals surface area (Å²) in [5.41, 5.74) is 1.51. The minimum absolute atomic E-state index is 0.0508. The Morgan fingerprint density at radius 2 is 2.11 bits per heavy atom. The first-order chi connectivity index (χ1) is 12.9. The van der Waals surface area contributed by atoms with Crippen LogP contribution in [0.5, 0.6) is 5.88 Å². The fourth-order valence-corrected chi connectivity index (χ4v) is 4.01. The number of sulfonamides is 1. The number of piperidine rings is 1. The summed E-state index contributed by atoms with van der Waals surface area (Å²) in [5, 5.41) is 0. The van der Waals surface area contributed by atoms with Gasteiger partial charge in [0.2, 0.25) is 15.9 Å². The van der Waals surface area contributed by atoms with Crippen molar-refractivity contribution >= 4 is 10.0 Å². The average Bonchev–Trinajstić information content (AvgIpc) is 2.61. The van der Waals surface area contributed by atoms with E-state index < -0.39 is 10.0 Å². The number of halogens is 1. The number of nitrogens with zero attached hydrogens (tertiary/aromatic N) is 2. The fourth-order valence-electron chi connectivity index (χ4n) is 3.21. The van der Waals surface area contributed by atoms with Crippen molar-refractivity contribution in [2.45, 2.75) is 32.0 Å². The molecule has 3 rings (SSSR count). The minimum atomic E-state index is -3.19. The summed E-state index contributed by atoms with van der Waals surface area (Å²) in [5.74, 6) is 0.147. The standard InChI is InChI=1S/C19H24FN3O3S/c1-27(24,25)22-17-6-4-10-23(13-17)12-15-8-9-19(21-11-15)26-14-16-5-2-3-7-18(16)20/h2-3,5,7-9,11,17,22H,4,6,10,12-14H2,1H3. The summed E-state index contributed by atoms with van der Waals surface area (Å²) < 4.78 is 44.7. The maximum Gasteiger partial charge on any atom is 0.213 e. The van der Waals surface area contributed by atoms with Crippen LogP contribution in [0.2, 0.25) is 0 Å². The normalized spacial score (nSPS) is 18.4. The zero-order valence-electron chi connectivity index (χ0n) is 15.3. The lowest BCUT2D eigenvalue weighted by Crippen LogP contribution is -2.46. The summed E-state index contributed by atoms with van der Waals surface area (Å²) in [6.07, 6.45) is 4.73. The molecule has 1 aromatic heterocycles. The van der Waals surface area contributed by atoms with Crippen LogP contribution in [0.25, 0.3) is 0 Å². The van der Waals surface area contributed by atoms with E-state index >= 15 is 0 Å². The van der Waals surface area contributed by atoms with Crippen LogP contribution >= 0.6 is 0 Å². The van der Waals surface area contributed by atoms with Gasteiger partial charge in [-0.1, -0.05) is 24.3 Å². The van der Waals surface area contributed by atoms with E-state index in [9.17, 15) is 12.8 Å². The van der Waals surface area contributed by atoms with Gasteiger partial charge in [-0.3, -0.25) is 4.90 Å². The molecule has 0 aliphatic carbocycles. The van der Waals surface area contributed by atoms with Crippen molar-refractivity contribution in [1.29, 1.82) is 0 Å². The highest BCUT2D eigenvalue weighted by atomic mass is 32.2. The molecule has 146 valence electrons. The van der Waals surface area contributed by atoms with Gasteiger partial charge in [-0.2, -0.15) is 0 Å². The van der Waals surface area contributed by atoms with Gasteiger partial charge in [-0.15, -0.1) is 0 Å². The Hall–Kier alpha value is -2.03. The number of ether oxygens (including phenoxy) is 1. The van der Waals surface area contributed by atoms with E-state index in [-0.39, 0.29) is 18.5 Å². The third-order valence-corrected chi connectivity index (χ3v) is 5.18. The number of aromatic nitrogens is 1. The molecular formula is C19H24FN3O3S. The van der Waals surface area contributed by atoms with E-state index in [1.165, 1.54) is 12.3 Å². The lowest BCUT2D eigenvalue weighted by atomic mass is 10.1. The smallest absolute Gasteiger partial charge is 0.213 e. The molecule has 1 N–H and O–H groups in total. The molecule has 1 aromatic carbocycles. The van der Waals surface area contributed by atoms with E-state index in [4.69, 9.17) is 4.74 Å². The summed E-state index contributed by atoms with van der Waals surface area (Å²) in [6, 6.07) is 10.1. The molecule has 0 amide bonds. The van der Waals surface area contributed by atoms with Gasteiger partial charge in [-0.05, 0) is 31.0 Å². The molecule has 2 aromatic rings. The highest BCUT2D eigenvalue weighted by molar-refractivity contribution is 7.88. The van der Waals surface area contributed by atoms with Gasteiger partial charge in [0.25, 0.3) is 0 Å². The van der Waals surface area contributed by atoms with Crippen LogP contribution in [0.1, 0.15) is 24.0 Å². The molecule has 1 aliphatic rings. The third-order valence-electron chi connectivity index (χ3n) is 4.42. The summed E-state index contributed by atoms with van der Waals surface area (Å²) >= 11 is 0. The molecule has 0 radical (unpaired) electrons. The van der Waals surface area contributed by atoms with Crippen molar-refractivity contribution in [1.82, 2.24) is 14.6 Å². The second kappa shape index (κ2) is 8.77. The molecule has 1 aliphatic heterocycles. The topological polar surface area (TPSA) is 71.5 Å². The number of hydrogen-bond acceptors (Lipinski definition) is 5. The minimum Gasteiger partial charge on any atom is -0.473 e. The molecule has 0 saturated carbocycles. The van der Waals surface area contributed by atoms with E-state index in [1.54, 1.807) is 30.5 Å². The van der Waals surface area contributed by atoms with Crippen LogP contribution < -0.4 is 9.46 Å². The number of rotatable bonds is 7. The van der Waals surface area contributed by atoms with Crippen LogP contribution in [0, 0.1) is 5.82 Å². The van der Waals surface area contributed by atoms with Gasteiger partial charge < -0.3 is 4.74 Å². The van der Waals surface area contributed by atoms with E-state index in [1.807, 2.05) is 6.07 Å². The maximum absolute atomic E-state index is 13.6. The van der Waals surface area contributed by atoms with Crippen molar-refractivity contribution in [3.63, 3.8) is 0 Å². The molecule has 2 heterocycles. The molecule has 27 heavy (non-hydrogen) atoms. The van der Waals surface area contributed by atoms with Crippen molar-refractivity contribution in [3.05, 3.63) is 59.5 Å². The Balaban J connectivity index is 1.52. The molecule has 1 unspecified atom stereocenters. The van der Waals surface area contributed by atoms with Crippen molar-refractivity contribution < 1.29 is 17.5 Å². The first-order valence-corrected chi connectivity index (χ1v) is 10.8. The number of hydrogen-bond donors (Lipinski definition) is 1. The van der Waals surface area contributed by atoms with Gasteiger partial charge in [-0.25, -0.2) is 22.5 Å². The van der Waals surface area contributed by atoms with Crippen LogP contribution in [-0.4, -0.2) is 43.7 Å². The van der Waals surface area contributed by atoms with Crippen molar-refractivity contribution in [2.24, 2.45) is 0 Å². The van der Waals surface area contributed by atoms with Crippen molar-refractivity contribution in [2.75, 3.05) is 19.3 Å². The molecule has 1 atom stereocenters. The monoisotopic (exact) mass is 393 g/mol. The van der Waals surface area contributed by atoms with Crippen LogP contribution in [0.3, 0.4) is 0 Å². The zero-order chi connectivity index (χ0) is 19.3. The Morgan fingerprint density at radius 3 is 2.81 bits per heavy atom. The molecule has 8 heteroatoms. The Labute approximate surface area is 159 Å². The molecule has 0 bridgehead atoms. The van der Waals surface area contributed by atoms with E-state index in [2.05, 4.69) is 14.6 Å². The quantitative estimate of drug-likeness (QED) is 0.782. The largest absolute Gasteiger partial charge is 0.473 e. The Kier molecular flexibility index (Phi) is 6.41. The summed E-state index contributed by atoms with van der Waals surface area (Å²) in [4.78, 5) is 6.50. The average molecular weight is 393 g/mol. The zero-order valence-corrected chi connectivity index (χ0v) is 16.1. The third kappa shape index (κ3) is 6.27. The lowest BCUT2D eigenvalue weighted by molar-refractivity contribution is 0.194. The summed E-state index contributed by atoms with van der Waals surface area (Å²) in [7, 11) is -3.19. The highest BCUT2D eigenvalue weighted by Gasteiger charge is 2.22. The van der Waals surface area contributed by atoms with Crippen molar-refractivity contribution in [3.8, 4) is 5.88 Å². The van der Waals surface area contributed by atoms with E-state index in [0.29, 0.717) is 24.5 Å². The number of nitrogens with one attached hydrogen (secondary N) is 1.